The molecule has 0 amide bonds. The van der Waals surface area contributed by atoms with Crippen LogP contribution >= 0.6 is 0 Å². The second kappa shape index (κ2) is 9.34. The van der Waals surface area contributed by atoms with Gasteiger partial charge in [0.2, 0.25) is 0 Å². The lowest BCUT2D eigenvalue weighted by Gasteiger charge is -2.34. The van der Waals surface area contributed by atoms with E-state index in [0.717, 1.165) is 36.3 Å². The fourth-order valence-electron chi connectivity index (χ4n) is 5.81. The van der Waals surface area contributed by atoms with Gasteiger partial charge >= 0.3 is 5.97 Å². The zero-order valence-electron chi connectivity index (χ0n) is 21.5. The summed E-state index contributed by atoms with van der Waals surface area (Å²) in [6.07, 6.45) is 1.61. The average molecular weight is 526 g/mol. The predicted octanol–water partition coefficient (Wildman–Crippen LogP) is 5.33. The number of hydrogen-bond acceptors (Lipinski definition) is 9. The van der Waals surface area contributed by atoms with Crippen molar-refractivity contribution >= 4 is 39.7 Å². The van der Waals surface area contributed by atoms with Gasteiger partial charge in [-0.15, -0.1) is 0 Å². The van der Waals surface area contributed by atoms with Crippen molar-refractivity contribution < 1.29 is 28.3 Å². The SMILES string of the molecule is CCOC(=O)[C@@H]1CCCN(c2cc(Nc3ccc4c(c3)OCCO4)c3c4c(onc24)-c2ccccc2C3=O)C1. The van der Waals surface area contributed by atoms with Crippen LogP contribution in [0.5, 0.6) is 11.5 Å². The first-order chi connectivity index (χ1) is 19.1. The van der Waals surface area contributed by atoms with E-state index in [0.29, 0.717) is 71.3 Å². The Labute approximate surface area is 224 Å². The molecule has 3 aliphatic rings. The first-order valence-corrected chi connectivity index (χ1v) is 13.3. The van der Waals surface area contributed by atoms with E-state index < -0.39 is 0 Å². The van der Waals surface area contributed by atoms with Crippen LogP contribution in [0.25, 0.3) is 22.2 Å². The van der Waals surface area contributed by atoms with E-state index in [2.05, 4.69) is 15.4 Å². The van der Waals surface area contributed by atoms with Gasteiger partial charge in [0.1, 0.15) is 18.7 Å². The molecular weight excluding hydrogens is 498 g/mol. The molecule has 1 N–H and O–H groups in total. The maximum atomic E-state index is 13.9. The second-order valence-corrected chi connectivity index (χ2v) is 9.95. The van der Waals surface area contributed by atoms with Gasteiger partial charge in [0.05, 0.1) is 34.8 Å². The van der Waals surface area contributed by atoms with E-state index in [1.165, 1.54) is 0 Å². The van der Waals surface area contributed by atoms with E-state index in [-0.39, 0.29) is 17.7 Å². The summed E-state index contributed by atoms with van der Waals surface area (Å²) in [6.45, 7) is 4.42. The number of rotatable bonds is 5. The van der Waals surface area contributed by atoms with Gasteiger partial charge in [0.25, 0.3) is 0 Å². The van der Waals surface area contributed by atoms with E-state index in [1.54, 1.807) is 0 Å². The van der Waals surface area contributed by atoms with Gasteiger partial charge in [-0.1, -0.05) is 29.4 Å². The Balaban J connectivity index is 1.37. The molecule has 3 heterocycles. The van der Waals surface area contributed by atoms with Crippen molar-refractivity contribution in [2.75, 3.05) is 43.1 Å². The number of benzene rings is 3. The largest absolute Gasteiger partial charge is 0.486 e. The standard InChI is InChI=1S/C30H27N3O6/c1-2-36-30(35)17-6-5-11-33(16-17)22-15-21(31-18-9-10-23-24(14-18)38-13-12-37-23)25-26-27(22)32-39-29(26)20-8-4-3-7-19(20)28(25)34/h3-4,7-10,14-15,17,31H,2,5-6,11-13,16H2,1H3/t17-/m1/s1. The van der Waals surface area contributed by atoms with Crippen molar-refractivity contribution in [3.8, 4) is 22.8 Å². The summed E-state index contributed by atoms with van der Waals surface area (Å²) in [7, 11) is 0. The van der Waals surface area contributed by atoms with Crippen LogP contribution in [-0.4, -0.2) is 49.8 Å². The van der Waals surface area contributed by atoms with Crippen molar-refractivity contribution in [3.05, 3.63) is 59.7 Å². The Bertz CT molecular complexity index is 1630. The lowest BCUT2D eigenvalue weighted by Crippen LogP contribution is -2.39. The molecular formula is C30H27N3O6. The van der Waals surface area contributed by atoms with E-state index >= 15 is 0 Å². The van der Waals surface area contributed by atoms with Crippen LogP contribution in [0.4, 0.5) is 17.1 Å². The minimum Gasteiger partial charge on any atom is -0.486 e. The molecule has 0 unspecified atom stereocenters. The summed E-state index contributed by atoms with van der Waals surface area (Å²) in [5.41, 5.74) is 4.62. The number of anilines is 3. The molecule has 1 atom stereocenters. The summed E-state index contributed by atoms with van der Waals surface area (Å²) >= 11 is 0. The van der Waals surface area contributed by atoms with Crippen molar-refractivity contribution in [2.24, 2.45) is 5.92 Å². The molecule has 1 saturated heterocycles. The molecule has 3 aromatic carbocycles. The third-order valence-electron chi connectivity index (χ3n) is 7.58. The minimum atomic E-state index is -0.232. The Morgan fingerprint density at radius 1 is 1.10 bits per heavy atom. The van der Waals surface area contributed by atoms with Gasteiger partial charge in [-0.3, -0.25) is 9.59 Å². The molecule has 2 aliphatic heterocycles. The molecule has 39 heavy (non-hydrogen) atoms. The molecule has 0 radical (unpaired) electrons. The van der Waals surface area contributed by atoms with Crippen molar-refractivity contribution in [3.63, 3.8) is 0 Å². The van der Waals surface area contributed by atoms with Crippen molar-refractivity contribution in [1.29, 1.82) is 0 Å². The molecule has 9 nitrogen and oxygen atoms in total. The quantitative estimate of drug-likeness (QED) is 0.305. The lowest BCUT2D eigenvalue weighted by molar-refractivity contribution is -0.148. The normalized spacial score (nSPS) is 17.6. The molecule has 0 spiro atoms. The highest BCUT2D eigenvalue weighted by atomic mass is 16.6. The summed E-state index contributed by atoms with van der Waals surface area (Å²) in [5.74, 6) is 1.40. The molecule has 1 aromatic heterocycles. The fraction of sp³-hybridized carbons (Fsp3) is 0.300. The zero-order chi connectivity index (χ0) is 26.5. The number of nitrogens with one attached hydrogen (secondary N) is 1. The summed E-state index contributed by atoms with van der Waals surface area (Å²) in [6, 6.07) is 15.0. The van der Waals surface area contributed by atoms with Gasteiger partial charge < -0.3 is 29.0 Å². The lowest BCUT2D eigenvalue weighted by atomic mass is 9.86. The van der Waals surface area contributed by atoms with Gasteiger partial charge in [0.15, 0.2) is 23.0 Å². The number of aromatic nitrogens is 1. The predicted molar refractivity (Wildman–Crippen MR) is 145 cm³/mol. The summed E-state index contributed by atoms with van der Waals surface area (Å²) < 4.78 is 22.7. The molecule has 1 aliphatic carbocycles. The monoisotopic (exact) mass is 525 g/mol. The highest BCUT2D eigenvalue weighted by Gasteiger charge is 2.35. The smallest absolute Gasteiger partial charge is 0.310 e. The van der Waals surface area contributed by atoms with Gasteiger partial charge in [-0.05, 0) is 38.0 Å². The highest BCUT2D eigenvalue weighted by Crippen LogP contribution is 2.47. The number of ketones is 1. The average Bonchev–Trinajstić information content (AvgIpc) is 3.41. The second-order valence-electron chi connectivity index (χ2n) is 9.95. The minimum absolute atomic E-state index is 0.0964. The number of hydrogen-bond donors (Lipinski definition) is 1. The summed E-state index contributed by atoms with van der Waals surface area (Å²) in [5, 5.41) is 8.60. The fourth-order valence-corrected chi connectivity index (χ4v) is 5.81. The number of ether oxygens (including phenoxy) is 3. The molecule has 4 aromatic rings. The van der Waals surface area contributed by atoms with Crippen LogP contribution in [0.3, 0.4) is 0 Å². The van der Waals surface area contributed by atoms with Crippen LogP contribution in [0, 0.1) is 5.92 Å². The Hall–Kier alpha value is -4.53. The third kappa shape index (κ3) is 3.88. The molecule has 0 bridgehead atoms. The van der Waals surface area contributed by atoms with Gasteiger partial charge in [0, 0.05) is 36.0 Å². The number of nitrogens with zero attached hydrogens (tertiary/aromatic N) is 2. The molecule has 9 heteroatoms. The maximum absolute atomic E-state index is 13.9. The van der Waals surface area contributed by atoms with Crippen molar-refractivity contribution in [2.45, 2.75) is 19.8 Å². The molecule has 198 valence electrons. The maximum Gasteiger partial charge on any atom is 0.310 e. The zero-order valence-corrected chi connectivity index (χ0v) is 21.5. The van der Waals surface area contributed by atoms with E-state index in [4.69, 9.17) is 18.7 Å². The highest BCUT2D eigenvalue weighted by molar-refractivity contribution is 6.28. The topological polar surface area (TPSA) is 103 Å². The third-order valence-corrected chi connectivity index (χ3v) is 7.58. The van der Waals surface area contributed by atoms with Gasteiger partial charge in [-0.2, -0.15) is 0 Å². The van der Waals surface area contributed by atoms with Crippen LogP contribution in [0.2, 0.25) is 0 Å². The van der Waals surface area contributed by atoms with Crippen LogP contribution < -0.4 is 19.7 Å². The molecule has 7 rings (SSSR count). The molecule has 1 fully saturated rings. The van der Waals surface area contributed by atoms with Crippen molar-refractivity contribution in [1.82, 2.24) is 5.16 Å². The van der Waals surface area contributed by atoms with E-state index in [9.17, 15) is 9.59 Å². The van der Waals surface area contributed by atoms with E-state index in [1.807, 2.05) is 55.5 Å². The number of piperidine rings is 1. The number of esters is 1. The van der Waals surface area contributed by atoms with Crippen LogP contribution in [0.15, 0.2) is 53.1 Å². The Morgan fingerprint density at radius 3 is 2.77 bits per heavy atom. The first-order valence-electron chi connectivity index (χ1n) is 13.3. The Morgan fingerprint density at radius 2 is 1.92 bits per heavy atom. The number of fused-ring (bicyclic) bond motifs is 3. The van der Waals surface area contributed by atoms with Crippen LogP contribution in [-0.2, 0) is 9.53 Å². The van der Waals surface area contributed by atoms with Gasteiger partial charge in [-0.25, -0.2) is 0 Å². The number of carbonyl (C=O) groups excluding carboxylic acids is 2. The van der Waals surface area contributed by atoms with Crippen LogP contribution in [0.1, 0.15) is 35.7 Å². The first kappa shape index (κ1) is 23.6. The Kier molecular flexibility index (Phi) is 5.65. The number of carbonyl (C=O) groups is 2. The molecule has 0 saturated carbocycles. The summed E-state index contributed by atoms with van der Waals surface area (Å²) in [4.78, 5) is 28.7.